The molecule has 130 valence electrons. The molecule has 0 amide bonds. The van der Waals surface area contributed by atoms with E-state index in [4.69, 9.17) is 9.57 Å². The van der Waals surface area contributed by atoms with E-state index in [0.29, 0.717) is 12.7 Å². The van der Waals surface area contributed by atoms with Crippen molar-refractivity contribution in [3.63, 3.8) is 0 Å². The second-order valence-corrected chi connectivity index (χ2v) is 8.50. The van der Waals surface area contributed by atoms with Crippen LogP contribution in [0.2, 0.25) is 0 Å². The first-order chi connectivity index (χ1) is 10.2. The van der Waals surface area contributed by atoms with Crippen molar-refractivity contribution in [2.45, 2.75) is 109 Å². The Morgan fingerprint density at radius 2 is 1.55 bits per heavy atom. The highest BCUT2D eigenvalue weighted by Gasteiger charge is 2.47. The summed E-state index contributed by atoms with van der Waals surface area (Å²) >= 11 is 0. The second-order valence-electron chi connectivity index (χ2n) is 8.50. The summed E-state index contributed by atoms with van der Waals surface area (Å²) in [6.45, 7) is 11.2. The minimum absolute atomic E-state index is 0.0530. The lowest BCUT2D eigenvalue weighted by Gasteiger charge is -2.54. The average molecular weight is 313 g/mol. The summed E-state index contributed by atoms with van der Waals surface area (Å²) in [5.74, 6) is 0. The van der Waals surface area contributed by atoms with E-state index in [1.54, 1.807) is 6.92 Å². The van der Waals surface area contributed by atoms with E-state index < -0.39 is 6.10 Å². The summed E-state index contributed by atoms with van der Waals surface area (Å²) in [5.41, 5.74) is -0.106. The molecule has 2 fully saturated rings. The molecule has 0 aromatic heterocycles. The van der Waals surface area contributed by atoms with Crippen LogP contribution < -0.4 is 0 Å². The molecule has 1 aliphatic carbocycles. The topological polar surface area (TPSA) is 41.9 Å². The molecule has 1 N–H and O–H groups in total. The zero-order chi connectivity index (χ0) is 16.4. The van der Waals surface area contributed by atoms with E-state index in [9.17, 15) is 5.11 Å². The second kappa shape index (κ2) is 7.16. The minimum atomic E-state index is -0.400. The van der Waals surface area contributed by atoms with Gasteiger partial charge in [0, 0.05) is 11.1 Å². The number of hydroxylamine groups is 2. The van der Waals surface area contributed by atoms with E-state index in [0.717, 1.165) is 12.8 Å². The van der Waals surface area contributed by atoms with Crippen LogP contribution in [0.15, 0.2) is 0 Å². The van der Waals surface area contributed by atoms with Crippen molar-refractivity contribution in [1.82, 2.24) is 5.06 Å². The average Bonchev–Trinajstić information content (AvgIpc) is 2.41. The number of aliphatic hydroxyl groups is 1. The molecule has 4 nitrogen and oxygen atoms in total. The smallest absolute Gasteiger partial charge is 0.0793 e. The summed E-state index contributed by atoms with van der Waals surface area (Å²) in [6, 6.07) is 0. The number of hydrogen-bond acceptors (Lipinski definition) is 4. The third-order valence-electron chi connectivity index (χ3n) is 4.93. The molecule has 1 atom stereocenters. The van der Waals surface area contributed by atoms with Crippen LogP contribution in [0.5, 0.6) is 0 Å². The van der Waals surface area contributed by atoms with Gasteiger partial charge in [-0.15, -0.1) is 0 Å². The van der Waals surface area contributed by atoms with Crippen molar-refractivity contribution in [2.75, 3.05) is 6.61 Å². The number of aliphatic hydroxyl groups excluding tert-OH is 1. The Balaban J connectivity index is 2.00. The summed E-state index contributed by atoms with van der Waals surface area (Å²) in [5, 5.41) is 11.7. The van der Waals surface area contributed by atoms with Gasteiger partial charge in [0.2, 0.25) is 0 Å². The van der Waals surface area contributed by atoms with E-state index >= 15 is 0 Å². The molecule has 1 unspecified atom stereocenters. The largest absolute Gasteiger partial charge is 0.391 e. The standard InChI is InChI=1S/C18H35NO3/c1-14(20)13-21-16-11-17(2,3)19(18(4,5)12-16)22-15-9-7-6-8-10-15/h14-16,20H,6-13H2,1-5H3. The zero-order valence-corrected chi connectivity index (χ0v) is 15.1. The molecule has 0 radical (unpaired) electrons. The van der Waals surface area contributed by atoms with Crippen LogP contribution in [0.4, 0.5) is 0 Å². The number of hydrogen-bond donors (Lipinski definition) is 1. The Hall–Kier alpha value is -0.160. The third-order valence-corrected chi connectivity index (χ3v) is 4.93. The predicted octanol–water partition coefficient (Wildman–Crippen LogP) is 3.67. The molecule has 0 bridgehead atoms. The van der Waals surface area contributed by atoms with Crippen LogP contribution >= 0.6 is 0 Å². The summed E-state index contributed by atoms with van der Waals surface area (Å²) in [6.07, 6.45) is 8.35. The Morgan fingerprint density at radius 3 is 2.05 bits per heavy atom. The van der Waals surface area contributed by atoms with Crippen molar-refractivity contribution in [3.05, 3.63) is 0 Å². The Kier molecular flexibility index (Phi) is 5.92. The first-order valence-corrected chi connectivity index (χ1v) is 8.97. The maximum Gasteiger partial charge on any atom is 0.0793 e. The van der Waals surface area contributed by atoms with Crippen LogP contribution in [-0.4, -0.2) is 46.2 Å². The molecule has 0 aromatic rings. The van der Waals surface area contributed by atoms with Crippen molar-refractivity contribution < 1.29 is 14.7 Å². The predicted molar refractivity (Wildman–Crippen MR) is 88.6 cm³/mol. The maximum atomic E-state index is 9.45. The van der Waals surface area contributed by atoms with Gasteiger partial charge in [0.15, 0.2) is 0 Å². The van der Waals surface area contributed by atoms with Crippen LogP contribution in [0, 0.1) is 0 Å². The molecular weight excluding hydrogens is 278 g/mol. The molecule has 4 heteroatoms. The fourth-order valence-electron chi connectivity index (χ4n) is 4.17. The number of piperidine rings is 1. The monoisotopic (exact) mass is 313 g/mol. The Bertz CT molecular complexity index is 330. The van der Waals surface area contributed by atoms with Crippen molar-refractivity contribution >= 4 is 0 Å². The van der Waals surface area contributed by atoms with Gasteiger partial charge in [-0.05, 0) is 60.3 Å². The summed E-state index contributed by atoms with van der Waals surface area (Å²) < 4.78 is 5.92. The van der Waals surface area contributed by atoms with Crippen molar-refractivity contribution in [1.29, 1.82) is 0 Å². The third kappa shape index (κ3) is 4.67. The molecule has 1 saturated heterocycles. The summed E-state index contributed by atoms with van der Waals surface area (Å²) in [4.78, 5) is 6.47. The number of rotatable bonds is 5. The van der Waals surface area contributed by atoms with Gasteiger partial charge in [0.1, 0.15) is 0 Å². The van der Waals surface area contributed by atoms with Crippen LogP contribution in [0.25, 0.3) is 0 Å². The maximum absolute atomic E-state index is 9.45. The van der Waals surface area contributed by atoms with Gasteiger partial charge in [-0.25, -0.2) is 0 Å². The SMILES string of the molecule is CC(O)COC1CC(C)(C)N(OC2CCCCC2)C(C)(C)C1. The fraction of sp³-hybridized carbons (Fsp3) is 1.00. The van der Waals surface area contributed by atoms with Crippen LogP contribution in [0.1, 0.15) is 79.6 Å². The van der Waals surface area contributed by atoms with Crippen LogP contribution in [0.3, 0.4) is 0 Å². The highest BCUT2D eigenvalue weighted by atomic mass is 16.7. The molecule has 22 heavy (non-hydrogen) atoms. The first kappa shape index (κ1) is 18.2. The molecule has 1 heterocycles. The van der Waals surface area contributed by atoms with Gasteiger partial charge >= 0.3 is 0 Å². The van der Waals surface area contributed by atoms with E-state index in [1.807, 2.05) is 0 Å². The van der Waals surface area contributed by atoms with Gasteiger partial charge in [-0.3, -0.25) is 4.84 Å². The number of ether oxygens (including phenoxy) is 1. The van der Waals surface area contributed by atoms with Gasteiger partial charge < -0.3 is 9.84 Å². The lowest BCUT2D eigenvalue weighted by atomic mass is 9.80. The highest BCUT2D eigenvalue weighted by molar-refractivity contribution is 4.97. The lowest BCUT2D eigenvalue weighted by Crippen LogP contribution is -2.62. The Labute approximate surface area is 136 Å². The van der Waals surface area contributed by atoms with Gasteiger partial charge in [0.25, 0.3) is 0 Å². The first-order valence-electron chi connectivity index (χ1n) is 8.97. The van der Waals surface area contributed by atoms with Crippen molar-refractivity contribution in [3.8, 4) is 0 Å². The van der Waals surface area contributed by atoms with Gasteiger partial charge in [0.05, 0.1) is 24.9 Å². The van der Waals surface area contributed by atoms with Crippen molar-refractivity contribution in [2.24, 2.45) is 0 Å². The molecule has 1 aliphatic heterocycles. The molecular formula is C18H35NO3. The normalized spacial score (nSPS) is 28.6. The quantitative estimate of drug-likeness (QED) is 0.841. The molecule has 2 rings (SSSR count). The fourth-order valence-corrected chi connectivity index (χ4v) is 4.17. The molecule has 2 aliphatic rings. The Morgan fingerprint density at radius 1 is 1.00 bits per heavy atom. The summed E-state index contributed by atoms with van der Waals surface area (Å²) in [7, 11) is 0. The van der Waals surface area contributed by atoms with Crippen LogP contribution in [-0.2, 0) is 9.57 Å². The molecule has 0 aromatic carbocycles. The van der Waals surface area contributed by atoms with E-state index in [2.05, 4.69) is 32.8 Å². The lowest BCUT2D eigenvalue weighted by molar-refractivity contribution is -0.319. The number of nitrogens with zero attached hydrogens (tertiary/aromatic N) is 1. The highest BCUT2D eigenvalue weighted by Crippen LogP contribution is 2.41. The van der Waals surface area contributed by atoms with Gasteiger partial charge in [-0.1, -0.05) is 19.3 Å². The molecule has 1 saturated carbocycles. The van der Waals surface area contributed by atoms with E-state index in [-0.39, 0.29) is 17.2 Å². The minimum Gasteiger partial charge on any atom is -0.391 e. The van der Waals surface area contributed by atoms with E-state index in [1.165, 1.54) is 32.1 Å². The molecule has 0 spiro atoms. The zero-order valence-electron chi connectivity index (χ0n) is 15.1. The van der Waals surface area contributed by atoms with Gasteiger partial charge in [-0.2, -0.15) is 5.06 Å².